The first-order chi connectivity index (χ1) is 11.2. The molecule has 0 aliphatic heterocycles. The summed E-state index contributed by atoms with van der Waals surface area (Å²) >= 11 is 0. The molecule has 4 rings (SSSR count). The van der Waals surface area contributed by atoms with Crippen LogP contribution in [-0.2, 0) is 7.05 Å². The third kappa shape index (κ3) is 2.32. The van der Waals surface area contributed by atoms with Crippen molar-refractivity contribution in [1.29, 1.82) is 0 Å². The van der Waals surface area contributed by atoms with Gasteiger partial charge >= 0.3 is 0 Å². The predicted molar refractivity (Wildman–Crippen MR) is 88.8 cm³/mol. The van der Waals surface area contributed by atoms with E-state index in [0.29, 0.717) is 5.82 Å². The molecule has 23 heavy (non-hydrogen) atoms. The van der Waals surface area contributed by atoms with E-state index in [0.717, 1.165) is 27.5 Å². The minimum absolute atomic E-state index is 0.241. The Balaban J connectivity index is 2.05. The third-order valence-electron chi connectivity index (χ3n) is 3.90. The van der Waals surface area contributed by atoms with Crippen LogP contribution in [0.15, 0.2) is 60.7 Å². The third-order valence-corrected chi connectivity index (χ3v) is 3.90. The fraction of sp³-hybridized carbons (Fsp3) is 0.0556. The average molecular weight is 302 g/mol. The standard InChI is InChI=1S/C18H14N4O/c1-22-18(19-20-21-22)14-9-13-10-15(23)7-8-16(13)17(11-14)12-5-3-2-4-6-12/h2-11,23H,1H3. The molecule has 0 saturated heterocycles. The van der Waals surface area contributed by atoms with Crippen LogP contribution in [0, 0.1) is 0 Å². The van der Waals surface area contributed by atoms with E-state index in [9.17, 15) is 5.11 Å². The van der Waals surface area contributed by atoms with Crippen molar-refractivity contribution in [2.75, 3.05) is 0 Å². The molecule has 5 heteroatoms. The molecular weight excluding hydrogens is 288 g/mol. The Morgan fingerprint density at radius 3 is 2.48 bits per heavy atom. The van der Waals surface area contributed by atoms with Gasteiger partial charge in [0.15, 0.2) is 5.82 Å². The van der Waals surface area contributed by atoms with Crippen molar-refractivity contribution >= 4 is 10.8 Å². The van der Waals surface area contributed by atoms with E-state index < -0.39 is 0 Å². The first-order valence-electron chi connectivity index (χ1n) is 7.27. The molecule has 1 aromatic heterocycles. The van der Waals surface area contributed by atoms with E-state index in [1.165, 1.54) is 0 Å². The molecule has 3 aromatic carbocycles. The van der Waals surface area contributed by atoms with Crippen molar-refractivity contribution < 1.29 is 5.11 Å². The van der Waals surface area contributed by atoms with Gasteiger partial charge in [0.2, 0.25) is 0 Å². The summed E-state index contributed by atoms with van der Waals surface area (Å²) in [7, 11) is 1.81. The summed E-state index contributed by atoms with van der Waals surface area (Å²) in [5, 5.41) is 23.5. The summed E-state index contributed by atoms with van der Waals surface area (Å²) in [4.78, 5) is 0. The normalized spacial score (nSPS) is 11.0. The number of hydrogen-bond acceptors (Lipinski definition) is 4. The molecule has 0 atom stereocenters. The zero-order valence-corrected chi connectivity index (χ0v) is 12.5. The molecule has 0 amide bonds. The van der Waals surface area contributed by atoms with Crippen molar-refractivity contribution in [1.82, 2.24) is 20.2 Å². The second-order valence-electron chi connectivity index (χ2n) is 5.42. The lowest BCUT2D eigenvalue weighted by Crippen LogP contribution is -1.95. The molecule has 0 aliphatic carbocycles. The zero-order chi connectivity index (χ0) is 15.8. The number of aromatic hydroxyl groups is 1. The molecule has 0 fully saturated rings. The van der Waals surface area contributed by atoms with Gasteiger partial charge in [-0.3, -0.25) is 0 Å². The van der Waals surface area contributed by atoms with Crippen LogP contribution in [0.4, 0.5) is 0 Å². The fourth-order valence-corrected chi connectivity index (χ4v) is 2.82. The van der Waals surface area contributed by atoms with Crippen LogP contribution in [0.2, 0.25) is 0 Å². The molecule has 0 unspecified atom stereocenters. The van der Waals surface area contributed by atoms with Gasteiger partial charge in [-0.05, 0) is 56.6 Å². The Labute approximate surface area is 132 Å². The van der Waals surface area contributed by atoms with Crippen molar-refractivity contribution in [2.45, 2.75) is 0 Å². The quantitative estimate of drug-likeness (QED) is 0.616. The molecule has 1 N–H and O–H groups in total. The Morgan fingerprint density at radius 1 is 0.913 bits per heavy atom. The minimum Gasteiger partial charge on any atom is -0.508 e. The van der Waals surface area contributed by atoms with Gasteiger partial charge in [0.25, 0.3) is 0 Å². The largest absolute Gasteiger partial charge is 0.508 e. The number of phenols is 1. The summed E-state index contributed by atoms with van der Waals surface area (Å²) in [6, 6.07) is 19.6. The highest BCUT2D eigenvalue weighted by Gasteiger charge is 2.12. The number of phenolic OH excluding ortho intramolecular Hbond substituents is 1. The zero-order valence-electron chi connectivity index (χ0n) is 12.5. The van der Waals surface area contributed by atoms with Crippen LogP contribution in [-0.4, -0.2) is 25.3 Å². The molecule has 1 heterocycles. The van der Waals surface area contributed by atoms with Gasteiger partial charge in [0.1, 0.15) is 5.75 Å². The number of hydrogen-bond donors (Lipinski definition) is 1. The maximum atomic E-state index is 9.82. The van der Waals surface area contributed by atoms with Gasteiger partial charge < -0.3 is 5.11 Å². The first-order valence-corrected chi connectivity index (χ1v) is 7.27. The SMILES string of the molecule is Cn1nnnc1-c1cc(-c2ccccc2)c2ccc(O)cc2c1. The van der Waals surface area contributed by atoms with Crippen molar-refractivity contribution in [2.24, 2.45) is 7.05 Å². The van der Waals surface area contributed by atoms with Crippen molar-refractivity contribution in [3.05, 3.63) is 60.7 Å². The molecule has 5 nitrogen and oxygen atoms in total. The summed E-state index contributed by atoms with van der Waals surface area (Å²) in [6.45, 7) is 0. The number of aromatic nitrogens is 4. The number of rotatable bonds is 2. The number of tetrazole rings is 1. The van der Waals surface area contributed by atoms with E-state index in [2.05, 4.69) is 33.7 Å². The Morgan fingerprint density at radius 2 is 1.74 bits per heavy atom. The maximum absolute atomic E-state index is 9.82. The van der Waals surface area contributed by atoms with Gasteiger partial charge in [-0.2, -0.15) is 0 Å². The van der Waals surface area contributed by atoms with E-state index >= 15 is 0 Å². The summed E-state index contributed by atoms with van der Waals surface area (Å²) in [5.41, 5.74) is 3.11. The monoisotopic (exact) mass is 302 g/mol. The first kappa shape index (κ1) is 13.5. The summed E-state index contributed by atoms with van der Waals surface area (Å²) < 4.78 is 1.64. The molecule has 0 aliphatic rings. The van der Waals surface area contributed by atoms with Gasteiger partial charge in [0, 0.05) is 12.6 Å². The van der Waals surface area contributed by atoms with Gasteiger partial charge in [0.05, 0.1) is 0 Å². The lowest BCUT2D eigenvalue weighted by molar-refractivity contribution is 0.476. The topological polar surface area (TPSA) is 63.8 Å². The smallest absolute Gasteiger partial charge is 0.181 e. The number of aryl methyl sites for hydroxylation is 1. The highest BCUT2D eigenvalue weighted by atomic mass is 16.3. The van der Waals surface area contributed by atoms with E-state index in [-0.39, 0.29) is 5.75 Å². The van der Waals surface area contributed by atoms with Crippen LogP contribution in [0.25, 0.3) is 33.3 Å². The predicted octanol–water partition coefficient (Wildman–Crippen LogP) is 3.40. The molecule has 4 aromatic rings. The van der Waals surface area contributed by atoms with E-state index in [1.54, 1.807) is 16.8 Å². The second kappa shape index (κ2) is 5.21. The van der Waals surface area contributed by atoms with Crippen LogP contribution in [0.1, 0.15) is 0 Å². The molecule has 0 spiro atoms. The van der Waals surface area contributed by atoms with E-state index in [1.807, 2.05) is 37.4 Å². The molecule has 112 valence electrons. The van der Waals surface area contributed by atoms with Crippen molar-refractivity contribution in [3.8, 4) is 28.3 Å². The highest BCUT2D eigenvalue weighted by Crippen LogP contribution is 2.34. The Kier molecular flexibility index (Phi) is 3.05. The molecule has 0 radical (unpaired) electrons. The second-order valence-corrected chi connectivity index (χ2v) is 5.42. The van der Waals surface area contributed by atoms with E-state index in [4.69, 9.17) is 0 Å². The number of benzene rings is 3. The summed E-state index contributed by atoms with van der Waals surface area (Å²) in [6.07, 6.45) is 0. The number of nitrogens with zero attached hydrogens (tertiary/aromatic N) is 4. The number of fused-ring (bicyclic) bond motifs is 1. The van der Waals surface area contributed by atoms with Gasteiger partial charge in [-0.1, -0.05) is 36.4 Å². The maximum Gasteiger partial charge on any atom is 0.181 e. The molecular formula is C18H14N4O. The Hall–Kier alpha value is -3.21. The van der Waals surface area contributed by atoms with Gasteiger partial charge in [-0.15, -0.1) is 5.10 Å². The highest BCUT2D eigenvalue weighted by molar-refractivity contribution is 6.00. The van der Waals surface area contributed by atoms with Crippen LogP contribution in [0.5, 0.6) is 5.75 Å². The average Bonchev–Trinajstić information content (AvgIpc) is 3.00. The van der Waals surface area contributed by atoms with Gasteiger partial charge in [-0.25, -0.2) is 4.68 Å². The van der Waals surface area contributed by atoms with Crippen LogP contribution in [0.3, 0.4) is 0 Å². The lowest BCUT2D eigenvalue weighted by Gasteiger charge is -2.10. The van der Waals surface area contributed by atoms with Crippen LogP contribution >= 0.6 is 0 Å². The molecule has 0 bridgehead atoms. The Bertz CT molecular complexity index is 993. The van der Waals surface area contributed by atoms with Crippen molar-refractivity contribution in [3.63, 3.8) is 0 Å². The lowest BCUT2D eigenvalue weighted by atomic mass is 9.95. The minimum atomic E-state index is 0.241. The fourth-order valence-electron chi connectivity index (χ4n) is 2.82. The van der Waals surface area contributed by atoms with Crippen LogP contribution < -0.4 is 0 Å². The summed E-state index contributed by atoms with van der Waals surface area (Å²) in [5.74, 6) is 0.928. The molecule has 0 saturated carbocycles.